The number of ether oxygens (including phenoxy) is 1. The van der Waals surface area contributed by atoms with E-state index < -0.39 is 0 Å². The number of furan rings is 1. The number of rotatable bonds is 8. The van der Waals surface area contributed by atoms with Gasteiger partial charge in [-0.3, -0.25) is 9.59 Å². The highest BCUT2D eigenvalue weighted by atomic mass is 35.5. The lowest BCUT2D eigenvalue weighted by Gasteiger charge is -2.11. The van der Waals surface area contributed by atoms with Gasteiger partial charge in [0.1, 0.15) is 12.4 Å². The number of anilines is 2. The topological polar surface area (TPSA) is 80.6 Å². The van der Waals surface area contributed by atoms with Crippen LogP contribution in [-0.2, 0) is 18.0 Å². The molecule has 4 rings (SSSR count). The second-order valence-electron chi connectivity index (χ2n) is 6.85. The summed E-state index contributed by atoms with van der Waals surface area (Å²) < 4.78 is 10.9. The van der Waals surface area contributed by atoms with Crippen LogP contribution in [-0.4, -0.2) is 11.8 Å². The molecule has 2 amide bonds. The number of hydrogen-bond acceptors (Lipinski definition) is 5. The maximum atomic E-state index is 12.8. The van der Waals surface area contributed by atoms with Crippen LogP contribution < -0.4 is 10.6 Å². The van der Waals surface area contributed by atoms with Crippen LogP contribution in [0.15, 0.2) is 82.8 Å². The Morgan fingerprint density at radius 1 is 0.938 bits per heavy atom. The predicted octanol–water partition coefficient (Wildman–Crippen LogP) is 6.22. The van der Waals surface area contributed by atoms with E-state index in [-0.39, 0.29) is 11.8 Å². The molecule has 0 radical (unpaired) electrons. The van der Waals surface area contributed by atoms with Crippen molar-refractivity contribution in [3.05, 3.63) is 105 Å². The van der Waals surface area contributed by atoms with Crippen LogP contribution in [0.1, 0.15) is 31.4 Å². The normalized spacial score (nSPS) is 10.7. The summed E-state index contributed by atoms with van der Waals surface area (Å²) in [4.78, 5) is 25.6. The molecule has 2 aromatic heterocycles. The van der Waals surface area contributed by atoms with Gasteiger partial charge in [0.15, 0.2) is 0 Å². The average Bonchev–Trinajstić information content (AvgIpc) is 3.50. The van der Waals surface area contributed by atoms with Crippen molar-refractivity contribution < 1.29 is 18.7 Å². The number of halogens is 1. The van der Waals surface area contributed by atoms with Crippen molar-refractivity contribution in [2.75, 3.05) is 10.6 Å². The smallest absolute Gasteiger partial charge is 0.265 e. The SMILES string of the molecule is O=C(Nc1cccc(COCc2ccco2)c1)c1ccc(Cl)c(NC(=O)c2cccs2)c1. The van der Waals surface area contributed by atoms with Gasteiger partial charge in [0.25, 0.3) is 11.8 Å². The fourth-order valence-corrected chi connectivity index (χ4v) is 3.74. The minimum absolute atomic E-state index is 0.276. The van der Waals surface area contributed by atoms with E-state index >= 15 is 0 Å². The summed E-state index contributed by atoms with van der Waals surface area (Å²) in [5, 5.41) is 7.78. The highest BCUT2D eigenvalue weighted by Gasteiger charge is 2.13. The number of amides is 2. The molecule has 0 aliphatic rings. The molecule has 8 heteroatoms. The first-order chi connectivity index (χ1) is 15.6. The maximum Gasteiger partial charge on any atom is 0.265 e. The molecule has 0 bridgehead atoms. The quantitative estimate of drug-likeness (QED) is 0.323. The molecule has 2 heterocycles. The van der Waals surface area contributed by atoms with Crippen molar-refractivity contribution in [1.82, 2.24) is 0 Å². The Labute approximate surface area is 193 Å². The van der Waals surface area contributed by atoms with E-state index in [9.17, 15) is 9.59 Å². The van der Waals surface area contributed by atoms with E-state index in [0.29, 0.717) is 40.1 Å². The average molecular weight is 467 g/mol. The van der Waals surface area contributed by atoms with E-state index in [1.165, 1.54) is 11.3 Å². The number of carbonyl (C=O) groups is 2. The fraction of sp³-hybridized carbons (Fsp3) is 0.0833. The number of thiophene rings is 1. The minimum atomic E-state index is -0.318. The minimum Gasteiger partial charge on any atom is -0.467 e. The summed E-state index contributed by atoms with van der Waals surface area (Å²) in [5.41, 5.74) is 2.29. The molecular formula is C24H19ClN2O4S. The second kappa shape index (κ2) is 10.3. The molecule has 4 aromatic rings. The van der Waals surface area contributed by atoms with Gasteiger partial charge in [-0.15, -0.1) is 11.3 Å². The molecule has 0 atom stereocenters. The van der Waals surface area contributed by atoms with Crippen molar-refractivity contribution in [3.63, 3.8) is 0 Å². The number of carbonyl (C=O) groups excluding carboxylic acids is 2. The Morgan fingerprint density at radius 2 is 1.84 bits per heavy atom. The maximum absolute atomic E-state index is 12.8. The highest BCUT2D eigenvalue weighted by molar-refractivity contribution is 7.12. The molecule has 2 aromatic carbocycles. The molecule has 0 fully saturated rings. The molecule has 0 saturated carbocycles. The van der Waals surface area contributed by atoms with Crippen molar-refractivity contribution in [1.29, 1.82) is 0 Å². The number of hydrogen-bond donors (Lipinski definition) is 2. The van der Waals surface area contributed by atoms with E-state index in [0.717, 1.165) is 11.3 Å². The molecular weight excluding hydrogens is 448 g/mol. The third-order valence-electron chi connectivity index (χ3n) is 4.50. The van der Waals surface area contributed by atoms with Gasteiger partial charge in [0.2, 0.25) is 0 Å². The van der Waals surface area contributed by atoms with Crippen LogP contribution in [0.2, 0.25) is 5.02 Å². The summed E-state index contributed by atoms with van der Waals surface area (Å²) in [6.45, 7) is 0.749. The summed E-state index contributed by atoms with van der Waals surface area (Å²) in [6, 6.07) is 19.3. The first-order valence-electron chi connectivity index (χ1n) is 9.73. The Kier molecular flexibility index (Phi) is 7.01. The zero-order valence-corrected chi connectivity index (χ0v) is 18.4. The van der Waals surface area contributed by atoms with Crippen LogP contribution in [0.5, 0.6) is 0 Å². The van der Waals surface area contributed by atoms with Crippen molar-refractivity contribution in [2.45, 2.75) is 13.2 Å². The van der Waals surface area contributed by atoms with Gasteiger partial charge in [-0.2, -0.15) is 0 Å². The van der Waals surface area contributed by atoms with Crippen LogP contribution in [0.3, 0.4) is 0 Å². The lowest BCUT2D eigenvalue weighted by Crippen LogP contribution is -2.14. The van der Waals surface area contributed by atoms with Gasteiger partial charge in [-0.1, -0.05) is 29.8 Å². The van der Waals surface area contributed by atoms with Crippen LogP contribution in [0.25, 0.3) is 0 Å². The van der Waals surface area contributed by atoms with Crippen molar-refractivity contribution in [2.24, 2.45) is 0 Å². The van der Waals surface area contributed by atoms with E-state index in [4.69, 9.17) is 20.8 Å². The second-order valence-corrected chi connectivity index (χ2v) is 8.21. The molecule has 0 spiro atoms. The Hall–Kier alpha value is -3.39. The van der Waals surface area contributed by atoms with Gasteiger partial charge in [-0.05, 0) is 59.5 Å². The van der Waals surface area contributed by atoms with Gasteiger partial charge in [0.05, 0.1) is 28.5 Å². The zero-order valence-electron chi connectivity index (χ0n) is 16.8. The number of nitrogens with one attached hydrogen (secondary N) is 2. The van der Waals surface area contributed by atoms with Crippen molar-refractivity contribution >= 4 is 46.1 Å². The molecule has 2 N–H and O–H groups in total. The fourth-order valence-electron chi connectivity index (χ4n) is 2.96. The van der Waals surface area contributed by atoms with E-state index in [2.05, 4.69) is 10.6 Å². The Balaban J connectivity index is 1.39. The van der Waals surface area contributed by atoms with E-state index in [1.807, 2.05) is 35.7 Å². The predicted molar refractivity (Wildman–Crippen MR) is 125 cm³/mol. The van der Waals surface area contributed by atoms with Crippen LogP contribution in [0.4, 0.5) is 11.4 Å². The molecule has 32 heavy (non-hydrogen) atoms. The van der Waals surface area contributed by atoms with Gasteiger partial charge >= 0.3 is 0 Å². The standard InChI is InChI=1S/C24H19ClN2O4S/c25-20-9-8-17(13-21(20)27-24(29)22-7-3-11-32-22)23(28)26-18-5-1-4-16(12-18)14-30-15-19-6-2-10-31-19/h1-13H,14-15H2,(H,26,28)(H,27,29). The lowest BCUT2D eigenvalue weighted by molar-refractivity contribution is 0.0929. The molecule has 6 nitrogen and oxygen atoms in total. The van der Waals surface area contributed by atoms with Gasteiger partial charge in [-0.25, -0.2) is 0 Å². The molecule has 162 valence electrons. The summed E-state index contributed by atoms with van der Waals surface area (Å²) in [5.74, 6) is 0.155. The monoisotopic (exact) mass is 466 g/mol. The van der Waals surface area contributed by atoms with E-state index in [1.54, 1.807) is 42.7 Å². The largest absolute Gasteiger partial charge is 0.467 e. The lowest BCUT2D eigenvalue weighted by atomic mass is 10.1. The zero-order chi connectivity index (χ0) is 22.3. The summed E-state index contributed by atoms with van der Waals surface area (Å²) in [7, 11) is 0. The molecule has 0 unspecified atom stereocenters. The third-order valence-corrected chi connectivity index (χ3v) is 5.70. The first kappa shape index (κ1) is 21.8. The van der Waals surface area contributed by atoms with Crippen LogP contribution >= 0.6 is 22.9 Å². The first-order valence-corrected chi connectivity index (χ1v) is 11.0. The number of benzene rings is 2. The Bertz CT molecular complexity index is 1210. The molecule has 0 saturated heterocycles. The van der Waals surface area contributed by atoms with Crippen LogP contribution in [0, 0.1) is 0 Å². The molecule has 0 aliphatic carbocycles. The summed E-state index contributed by atoms with van der Waals surface area (Å²) in [6.07, 6.45) is 1.60. The highest BCUT2D eigenvalue weighted by Crippen LogP contribution is 2.25. The van der Waals surface area contributed by atoms with Gasteiger partial charge < -0.3 is 19.8 Å². The van der Waals surface area contributed by atoms with Gasteiger partial charge in [0, 0.05) is 11.3 Å². The third kappa shape index (κ3) is 5.64. The molecule has 0 aliphatic heterocycles. The summed E-state index contributed by atoms with van der Waals surface area (Å²) >= 11 is 7.53. The van der Waals surface area contributed by atoms with Crippen molar-refractivity contribution in [3.8, 4) is 0 Å². The Morgan fingerprint density at radius 3 is 2.62 bits per heavy atom.